The van der Waals surface area contributed by atoms with Gasteiger partial charge in [-0.05, 0) is 18.7 Å². The van der Waals surface area contributed by atoms with E-state index in [0.717, 1.165) is 31.7 Å². The molecule has 0 saturated heterocycles. The van der Waals surface area contributed by atoms with E-state index in [1.807, 2.05) is 5.38 Å². The van der Waals surface area contributed by atoms with Crippen LogP contribution in [0, 0.1) is 10.1 Å². The maximum Gasteiger partial charge on any atom is 0.324 e. The van der Waals surface area contributed by atoms with Gasteiger partial charge < -0.3 is 10.2 Å². The molecule has 0 unspecified atom stereocenters. The van der Waals surface area contributed by atoms with Gasteiger partial charge in [0.05, 0.1) is 4.92 Å². The second-order valence-corrected chi connectivity index (χ2v) is 4.64. The van der Waals surface area contributed by atoms with Crippen LogP contribution in [0.3, 0.4) is 0 Å². The summed E-state index contributed by atoms with van der Waals surface area (Å²) in [5.41, 5.74) is 0.987. The van der Waals surface area contributed by atoms with Crippen LogP contribution in [-0.4, -0.2) is 36.0 Å². The van der Waals surface area contributed by atoms with Crippen molar-refractivity contribution in [2.45, 2.75) is 20.4 Å². The summed E-state index contributed by atoms with van der Waals surface area (Å²) in [4.78, 5) is 12.5. The Morgan fingerprint density at radius 3 is 2.71 bits per heavy atom. The fourth-order valence-corrected chi connectivity index (χ4v) is 2.29. The molecule has 1 aromatic heterocycles. The predicted octanol–water partition coefficient (Wildman–Crippen LogP) is 2.09. The minimum absolute atomic E-state index is 0.213. The highest BCUT2D eigenvalue weighted by atomic mass is 32.1. The highest BCUT2D eigenvalue weighted by molar-refractivity contribution is 7.13. The summed E-state index contributed by atoms with van der Waals surface area (Å²) in [6, 6.07) is 1.63. The normalized spacial score (nSPS) is 11.0. The Hall–Kier alpha value is -0.980. The lowest BCUT2D eigenvalue weighted by Gasteiger charge is -2.17. The Labute approximate surface area is 106 Å². The molecule has 0 aromatic carbocycles. The first kappa shape index (κ1) is 14.1. The van der Waals surface area contributed by atoms with Gasteiger partial charge in [-0.2, -0.15) is 0 Å². The maximum absolute atomic E-state index is 10.5. The van der Waals surface area contributed by atoms with Crippen LogP contribution in [0.4, 0.5) is 5.00 Å². The minimum Gasteiger partial charge on any atom is -0.311 e. The predicted molar refractivity (Wildman–Crippen MR) is 70.5 cm³/mol. The van der Waals surface area contributed by atoms with Crippen molar-refractivity contribution in [3.05, 3.63) is 27.1 Å². The monoisotopic (exact) mass is 257 g/mol. The van der Waals surface area contributed by atoms with E-state index in [1.165, 1.54) is 11.3 Å². The number of rotatable bonds is 8. The zero-order valence-electron chi connectivity index (χ0n) is 10.3. The molecule has 0 aliphatic carbocycles. The van der Waals surface area contributed by atoms with Crippen LogP contribution in [0.2, 0.25) is 0 Å². The highest BCUT2D eigenvalue weighted by Gasteiger charge is 2.08. The Bertz CT molecular complexity index is 350. The number of nitrogens with one attached hydrogen (secondary N) is 1. The quantitative estimate of drug-likeness (QED) is 0.440. The van der Waals surface area contributed by atoms with Crippen molar-refractivity contribution in [2.75, 3.05) is 26.2 Å². The molecular weight excluding hydrogens is 238 g/mol. The fourth-order valence-electron chi connectivity index (χ4n) is 1.56. The van der Waals surface area contributed by atoms with Crippen LogP contribution in [0.25, 0.3) is 0 Å². The van der Waals surface area contributed by atoms with Crippen molar-refractivity contribution < 1.29 is 4.92 Å². The summed E-state index contributed by atoms with van der Waals surface area (Å²) in [5, 5.41) is 15.8. The molecule has 0 atom stereocenters. The van der Waals surface area contributed by atoms with Crippen molar-refractivity contribution in [2.24, 2.45) is 0 Å². The van der Waals surface area contributed by atoms with Crippen molar-refractivity contribution in [1.29, 1.82) is 0 Å². The highest BCUT2D eigenvalue weighted by Crippen LogP contribution is 2.22. The zero-order chi connectivity index (χ0) is 12.7. The van der Waals surface area contributed by atoms with Gasteiger partial charge in [-0.1, -0.05) is 25.2 Å². The Morgan fingerprint density at radius 1 is 1.47 bits per heavy atom. The lowest BCUT2D eigenvalue weighted by molar-refractivity contribution is -0.380. The SMILES string of the molecule is CCN(CC)CCNCc1csc([N+](=O)[O-])c1. The smallest absolute Gasteiger partial charge is 0.311 e. The average Bonchev–Trinajstić information content (AvgIpc) is 2.78. The summed E-state index contributed by atoms with van der Waals surface area (Å²) >= 11 is 1.18. The summed E-state index contributed by atoms with van der Waals surface area (Å²) < 4.78 is 0. The van der Waals surface area contributed by atoms with E-state index in [2.05, 4.69) is 24.1 Å². The molecule has 17 heavy (non-hydrogen) atoms. The van der Waals surface area contributed by atoms with Crippen LogP contribution in [0.1, 0.15) is 19.4 Å². The first-order valence-corrected chi connectivity index (χ1v) is 6.70. The first-order valence-electron chi connectivity index (χ1n) is 5.82. The van der Waals surface area contributed by atoms with Gasteiger partial charge in [0.25, 0.3) is 0 Å². The third-order valence-electron chi connectivity index (χ3n) is 2.65. The molecule has 0 aliphatic heterocycles. The van der Waals surface area contributed by atoms with E-state index in [4.69, 9.17) is 0 Å². The molecule has 96 valence electrons. The second-order valence-electron chi connectivity index (χ2n) is 3.75. The number of thiophene rings is 1. The van der Waals surface area contributed by atoms with Gasteiger partial charge in [0.15, 0.2) is 0 Å². The molecule has 0 radical (unpaired) electrons. The zero-order valence-corrected chi connectivity index (χ0v) is 11.1. The summed E-state index contributed by atoms with van der Waals surface area (Å²) in [6.07, 6.45) is 0. The second kappa shape index (κ2) is 7.37. The van der Waals surface area contributed by atoms with Crippen molar-refractivity contribution in [1.82, 2.24) is 10.2 Å². The van der Waals surface area contributed by atoms with E-state index in [0.29, 0.717) is 6.54 Å². The van der Waals surface area contributed by atoms with Crippen LogP contribution >= 0.6 is 11.3 Å². The Morgan fingerprint density at radius 2 is 2.18 bits per heavy atom. The lowest BCUT2D eigenvalue weighted by atomic mass is 10.3. The summed E-state index contributed by atoms with van der Waals surface area (Å²) in [7, 11) is 0. The van der Waals surface area contributed by atoms with Gasteiger partial charge in [-0.3, -0.25) is 10.1 Å². The van der Waals surface area contributed by atoms with Crippen molar-refractivity contribution >= 4 is 16.3 Å². The third-order valence-corrected chi connectivity index (χ3v) is 3.58. The molecule has 5 nitrogen and oxygen atoms in total. The van der Waals surface area contributed by atoms with Gasteiger partial charge >= 0.3 is 5.00 Å². The lowest BCUT2D eigenvalue weighted by Crippen LogP contribution is -2.31. The van der Waals surface area contributed by atoms with E-state index in [-0.39, 0.29) is 9.92 Å². The van der Waals surface area contributed by atoms with Gasteiger partial charge in [-0.25, -0.2) is 0 Å². The number of hydrogen-bond acceptors (Lipinski definition) is 5. The molecule has 6 heteroatoms. The van der Waals surface area contributed by atoms with Gasteiger partial charge in [-0.15, -0.1) is 0 Å². The molecule has 0 aliphatic rings. The Kier molecular flexibility index (Phi) is 6.10. The molecule has 0 saturated carbocycles. The number of nitrogens with zero attached hydrogens (tertiary/aromatic N) is 2. The largest absolute Gasteiger partial charge is 0.324 e. The molecule has 0 spiro atoms. The fraction of sp³-hybridized carbons (Fsp3) is 0.636. The van der Waals surface area contributed by atoms with Crippen LogP contribution in [0.5, 0.6) is 0 Å². The molecule has 0 fully saturated rings. The number of likely N-dealkylation sites (N-methyl/N-ethyl adjacent to an activating group) is 1. The van der Waals surface area contributed by atoms with Crippen LogP contribution in [-0.2, 0) is 6.54 Å². The molecule has 1 aromatic rings. The van der Waals surface area contributed by atoms with Gasteiger partial charge in [0.2, 0.25) is 0 Å². The summed E-state index contributed by atoms with van der Waals surface area (Å²) in [5.74, 6) is 0. The van der Waals surface area contributed by atoms with Crippen molar-refractivity contribution in [3.8, 4) is 0 Å². The average molecular weight is 257 g/mol. The topological polar surface area (TPSA) is 58.4 Å². The van der Waals surface area contributed by atoms with Crippen LogP contribution in [0.15, 0.2) is 11.4 Å². The van der Waals surface area contributed by atoms with Crippen molar-refractivity contribution in [3.63, 3.8) is 0 Å². The Balaban J connectivity index is 2.24. The molecule has 1 rings (SSSR count). The first-order chi connectivity index (χ1) is 8.17. The standard InChI is InChI=1S/C11H19N3O2S/c1-3-13(4-2)6-5-12-8-10-7-11(14(15)16)17-9-10/h7,9,12H,3-6,8H2,1-2H3. The molecule has 1 heterocycles. The maximum atomic E-state index is 10.5. The molecular formula is C11H19N3O2S. The van der Waals surface area contributed by atoms with Gasteiger partial charge in [0, 0.05) is 31.1 Å². The summed E-state index contributed by atoms with van der Waals surface area (Å²) in [6.45, 7) is 9.03. The minimum atomic E-state index is -0.343. The van der Waals surface area contributed by atoms with Gasteiger partial charge in [0.1, 0.15) is 0 Å². The third kappa shape index (κ3) is 4.80. The number of hydrogen-bond donors (Lipinski definition) is 1. The van der Waals surface area contributed by atoms with E-state index >= 15 is 0 Å². The van der Waals surface area contributed by atoms with Crippen LogP contribution < -0.4 is 5.32 Å². The van der Waals surface area contributed by atoms with E-state index in [9.17, 15) is 10.1 Å². The molecule has 1 N–H and O–H groups in total. The molecule has 0 bridgehead atoms. The van der Waals surface area contributed by atoms with E-state index in [1.54, 1.807) is 6.07 Å². The van der Waals surface area contributed by atoms with E-state index < -0.39 is 0 Å². The number of nitro groups is 1. The molecule has 0 amide bonds.